The highest BCUT2D eigenvalue weighted by Crippen LogP contribution is 2.16. The van der Waals surface area contributed by atoms with Crippen molar-refractivity contribution < 1.29 is 9.53 Å². The first-order valence-corrected chi connectivity index (χ1v) is 7.50. The van der Waals surface area contributed by atoms with Gasteiger partial charge >= 0.3 is 0 Å². The maximum Gasteiger partial charge on any atom is 0.226 e. The Labute approximate surface area is 123 Å². The van der Waals surface area contributed by atoms with Crippen LogP contribution in [0.1, 0.15) is 18.4 Å². The van der Waals surface area contributed by atoms with E-state index in [4.69, 9.17) is 4.74 Å². The molecule has 2 rings (SSSR count). The second-order valence-corrected chi connectivity index (χ2v) is 6.05. The molecule has 1 aliphatic heterocycles. The molecule has 0 spiro atoms. The Morgan fingerprint density at radius 2 is 1.95 bits per heavy atom. The van der Waals surface area contributed by atoms with Crippen molar-refractivity contribution >= 4 is 21.8 Å². The number of nitrogens with zero attached hydrogens (tertiary/aromatic N) is 1. The summed E-state index contributed by atoms with van der Waals surface area (Å²) in [5, 5.41) is 0. The summed E-state index contributed by atoms with van der Waals surface area (Å²) < 4.78 is 6.38. The Hall–Kier alpha value is -0.870. The number of hydrogen-bond donors (Lipinski definition) is 0. The average molecular weight is 326 g/mol. The van der Waals surface area contributed by atoms with Gasteiger partial charge in [0.1, 0.15) is 0 Å². The zero-order valence-corrected chi connectivity index (χ0v) is 12.9. The monoisotopic (exact) mass is 325 g/mol. The molecule has 0 radical (unpaired) electrons. The van der Waals surface area contributed by atoms with Gasteiger partial charge in [0.25, 0.3) is 0 Å². The molecule has 1 aliphatic rings. The first-order chi connectivity index (χ1) is 9.15. The minimum Gasteiger partial charge on any atom is -0.381 e. The summed E-state index contributed by atoms with van der Waals surface area (Å²) in [5.74, 6) is 0.779. The van der Waals surface area contributed by atoms with Gasteiger partial charge in [0.15, 0.2) is 0 Å². The molecule has 1 fully saturated rings. The molecule has 3 nitrogen and oxygen atoms in total. The van der Waals surface area contributed by atoms with Crippen LogP contribution in [-0.2, 0) is 16.0 Å². The van der Waals surface area contributed by atoms with Crippen LogP contribution in [0.5, 0.6) is 0 Å². The summed E-state index contributed by atoms with van der Waals surface area (Å²) in [5.41, 5.74) is 1.06. The quantitative estimate of drug-likeness (QED) is 0.851. The fourth-order valence-corrected chi connectivity index (χ4v) is 2.59. The summed E-state index contributed by atoms with van der Waals surface area (Å²) in [6.45, 7) is 2.51. The van der Waals surface area contributed by atoms with Crippen molar-refractivity contribution in [3.05, 3.63) is 34.3 Å². The lowest BCUT2D eigenvalue weighted by atomic mass is 9.99. The topological polar surface area (TPSA) is 29.5 Å². The molecule has 0 bridgehead atoms. The highest BCUT2D eigenvalue weighted by Gasteiger charge is 2.18. The van der Waals surface area contributed by atoms with Gasteiger partial charge in [-0.1, -0.05) is 28.1 Å². The van der Waals surface area contributed by atoms with Gasteiger partial charge in [0, 0.05) is 31.3 Å². The number of halogens is 1. The molecule has 0 aliphatic carbocycles. The van der Waals surface area contributed by atoms with E-state index in [1.54, 1.807) is 0 Å². The highest BCUT2D eigenvalue weighted by atomic mass is 79.9. The Bertz CT molecular complexity index is 413. The Kier molecular flexibility index (Phi) is 5.40. The molecule has 1 heterocycles. The maximum atomic E-state index is 12.2. The van der Waals surface area contributed by atoms with Crippen molar-refractivity contribution in [2.45, 2.75) is 19.3 Å². The lowest BCUT2D eigenvalue weighted by Gasteiger charge is -2.27. The Morgan fingerprint density at radius 3 is 2.58 bits per heavy atom. The van der Waals surface area contributed by atoms with E-state index in [-0.39, 0.29) is 5.91 Å². The fraction of sp³-hybridized carbons (Fsp3) is 0.533. The van der Waals surface area contributed by atoms with Gasteiger partial charge in [-0.05, 0) is 36.5 Å². The molecule has 1 amide bonds. The minimum absolute atomic E-state index is 0.189. The van der Waals surface area contributed by atoms with E-state index in [0.29, 0.717) is 12.3 Å². The van der Waals surface area contributed by atoms with Crippen molar-refractivity contribution in [3.8, 4) is 0 Å². The molecule has 0 unspecified atom stereocenters. The molecule has 19 heavy (non-hydrogen) atoms. The van der Waals surface area contributed by atoms with Gasteiger partial charge in [-0.15, -0.1) is 0 Å². The Morgan fingerprint density at radius 1 is 1.32 bits per heavy atom. The third-order valence-electron chi connectivity index (χ3n) is 3.57. The van der Waals surface area contributed by atoms with Crippen LogP contribution in [0.3, 0.4) is 0 Å². The molecule has 0 atom stereocenters. The number of benzene rings is 1. The molecule has 104 valence electrons. The van der Waals surface area contributed by atoms with Crippen LogP contribution < -0.4 is 0 Å². The SMILES string of the molecule is CN(CC1CCOCC1)C(=O)Cc1ccc(Br)cc1. The van der Waals surface area contributed by atoms with Crippen molar-refractivity contribution in [2.24, 2.45) is 5.92 Å². The summed E-state index contributed by atoms with van der Waals surface area (Å²) in [7, 11) is 1.90. The molecule has 1 saturated heterocycles. The van der Waals surface area contributed by atoms with Crippen LogP contribution in [0, 0.1) is 5.92 Å². The van der Waals surface area contributed by atoms with Crippen LogP contribution in [0.4, 0.5) is 0 Å². The standard InChI is InChI=1S/C15H20BrNO2/c1-17(11-13-6-8-19-9-7-13)15(18)10-12-2-4-14(16)5-3-12/h2-5,13H,6-11H2,1H3. The van der Waals surface area contributed by atoms with E-state index in [9.17, 15) is 4.79 Å². The number of ether oxygens (including phenoxy) is 1. The van der Waals surface area contributed by atoms with Gasteiger partial charge in [-0.2, -0.15) is 0 Å². The normalized spacial score (nSPS) is 16.3. The summed E-state index contributed by atoms with van der Waals surface area (Å²) in [6, 6.07) is 7.93. The highest BCUT2D eigenvalue weighted by molar-refractivity contribution is 9.10. The van der Waals surface area contributed by atoms with Crippen LogP contribution >= 0.6 is 15.9 Å². The Balaban J connectivity index is 1.83. The predicted molar refractivity (Wildman–Crippen MR) is 79.0 cm³/mol. The molecule has 0 N–H and O–H groups in total. The van der Waals surface area contributed by atoms with Crippen LogP contribution in [0.2, 0.25) is 0 Å². The van der Waals surface area contributed by atoms with E-state index in [1.807, 2.05) is 36.2 Å². The maximum absolute atomic E-state index is 12.2. The first kappa shape index (κ1) is 14.5. The van der Waals surface area contributed by atoms with Crippen LogP contribution in [0.15, 0.2) is 28.7 Å². The van der Waals surface area contributed by atoms with Gasteiger partial charge in [-0.3, -0.25) is 4.79 Å². The first-order valence-electron chi connectivity index (χ1n) is 6.71. The summed E-state index contributed by atoms with van der Waals surface area (Å²) >= 11 is 3.40. The van der Waals surface area contributed by atoms with E-state index in [0.717, 1.165) is 42.6 Å². The average Bonchev–Trinajstić information content (AvgIpc) is 2.42. The lowest BCUT2D eigenvalue weighted by Crippen LogP contribution is -2.35. The van der Waals surface area contributed by atoms with Gasteiger partial charge in [0.2, 0.25) is 5.91 Å². The van der Waals surface area contributed by atoms with Crippen LogP contribution in [-0.4, -0.2) is 37.6 Å². The zero-order valence-electron chi connectivity index (χ0n) is 11.3. The molecular formula is C15H20BrNO2. The smallest absolute Gasteiger partial charge is 0.226 e. The molecule has 1 aromatic carbocycles. The second-order valence-electron chi connectivity index (χ2n) is 5.13. The third-order valence-corrected chi connectivity index (χ3v) is 4.10. The summed E-state index contributed by atoms with van der Waals surface area (Å²) in [6.07, 6.45) is 2.61. The predicted octanol–water partition coefficient (Wildman–Crippen LogP) is 2.88. The van der Waals surface area contributed by atoms with E-state index >= 15 is 0 Å². The van der Waals surface area contributed by atoms with E-state index in [1.165, 1.54) is 0 Å². The van der Waals surface area contributed by atoms with E-state index < -0.39 is 0 Å². The molecule has 0 aromatic heterocycles. The minimum atomic E-state index is 0.189. The molecule has 0 saturated carbocycles. The number of carbonyl (C=O) groups excluding carboxylic acids is 1. The van der Waals surface area contributed by atoms with Crippen molar-refractivity contribution in [3.63, 3.8) is 0 Å². The lowest BCUT2D eigenvalue weighted by molar-refractivity contribution is -0.130. The number of carbonyl (C=O) groups is 1. The fourth-order valence-electron chi connectivity index (χ4n) is 2.33. The largest absolute Gasteiger partial charge is 0.381 e. The second kappa shape index (κ2) is 7.06. The molecule has 4 heteroatoms. The molecular weight excluding hydrogens is 306 g/mol. The molecule has 1 aromatic rings. The number of likely N-dealkylation sites (N-methyl/N-ethyl adjacent to an activating group) is 1. The van der Waals surface area contributed by atoms with Crippen molar-refractivity contribution in [1.29, 1.82) is 0 Å². The van der Waals surface area contributed by atoms with Gasteiger partial charge in [0.05, 0.1) is 6.42 Å². The van der Waals surface area contributed by atoms with Gasteiger partial charge in [-0.25, -0.2) is 0 Å². The zero-order chi connectivity index (χ0) is 13.7. The van der Waals surface area contributed by atoms with Gasteiger partial charge < -0.3 is 9.64 Å². The number of amides is 1. The van der Waals surface area contributed by atoms with E-state index in [2.05, 4.69) is 15.9 Å². The van der Waals surface area contributed by atoms with Crippen molar-refractivity contribution in [2.75, 3.05) is 26.8 Å². The van der Waals surface area contributed by atoms with Crippen LogP contribution in [0.25, 0.3) is 0 Å². The number of rotatable bonds is 4. The third kappa shape index (κ3) is 4.62. The van der Waals surface area contributed by atoms with Crippen molar-refractivity contribution in [1.82, 2.24) is 4.90 Å². The summed E-state index contributed by atoms with van der Waals surface area (Å²) in [4.78, 5) is 14.0. The number of hydrogen-bond acceptors (Lipinski definition) is 2.